The number of likely N-dealkylation sites (N-methyl/N-ethyl adjacent to an activating group) is 1. The Hall–Kier alpha value is -2.29. The number of aromatic nitrogens is 4. The first-order valence-electron chi connectivity index (χ1n) is 11.6. The maximum atomic E-state index is 5.90. The SMILES string of the molecule is CN(c1ncnc2c1cnn2COCC[Si](C)(C)C)C1CCCN(Cc2ccccc2)C1. The minimum Gasteiger partial charge on any atom is -0.359 e. The Labute approximate surface area is 192 Å². The second kappa shape index (κ2) is 10.1. The number of rotatable bonds is 9. The largest absolute Gasteiger partial charge is 0.359 e. The van der Waals surface area contributed by atoms with Gasteiger partial charge in [0.05, 0.1) is 11.6 Å². The van der Waals surface area contributed by atoms with E-state index >= 15 is 0 Å². The molecule has 0 spiro atoms. The molecule has 0 saturated carbocycles. The Morgan fingerprint density at radius 2 is 1.97 bits per heavy atom. The van der Waals surface area contributed by atoms with E-state index in [0.717, 1.165) is 49.1 Å². The summed E-state index contributed by atoms with van der Waals surface area (Å²) in [5.74, 6) is 0.954. The van der Waals surface area contributed by atoms with Crippen LogP contribution in [0, 0.1) is 0 Å². The van der Waals surface area contributed by atoms with Crippen LogP contribution in [-0.4, -0.2) is 65.5 Å². The van der Waals surface area contributed by atoms with Crippen molar-refractivity contribution < 1.29 is 4.74 Å². The van der Waals surface area contributed by atoms with Crippen LogP contribution in [0.4, 0.5) is 5.82 Å². The summed E-state index contributed by atoms with van der Waals surface area (Å²) in [6.45, 7) is 11.5. The summed E-state index contributed by atoms with van der Waals surface area (Å²) < 4.78 is 7.75. The zero-order valence-electron chi connectivity index (χ0n) is 19.9. The number of ether oxygens (including phenoxy) is 1. The quantitative estimate of drug-likeness (QED) is 0.357. The van der Waals surface area contributed by atoms with Crippen molar-refractivity contribution in [2.75, 3.05) is 31.6 Å². The molecular formula is C24H36N6OSi. The molecule has 1 atom stereocenters. The predicted molar refractivity (Wildman–Crippen MR) is 133 cm³/mol. The minimum absolute atomic E-state index is 0.418. The van der Waals surface area contributed by atoms with E-state index in [1.54, 1.807) is 6.33 Å². The lowest BCUT2D eigenvalue weighted by atomic mass is 10.0. The highest BCUT2D eigenvalue weighted by atomic mass is 28.3. The molecule has 1 fully saturated rings. The fourth-order valence-electron chi connectivity index (χ4n) is 4.29. The molecule has 32 heavy (non-hydrogen) atoms. The highest BCUT2D eigenvalue weighted by Gasteiger charge is 2.26. The first-order valence-corrected chi connectivity index (χ1v) is 15.3. The van der Waals surface area contributed by atoms with E-state index in [1.807, 2.05) is 10.9 Å². The van der Waals surface area contributed by atoms with Crippen LogP contribution in [0.15, 0.2) is 42.9 Å². The van der Waals surface area contributed by atoms with E-state index in [1.165, 1.54) is 18.4 Å². The summed E-state index contributed by atoms with van der Waals surface area (Å²) in [4.78, 5) is 14.0. The topological polar surface area (TPSA) is 59.3 Å². The number of likely N-dealkylation sites (tertiary alicyclic amines) is 1. The summed E-state index contributed by atoms with van der Waals surface area (Å²) in [5.41, 5.74) is 2.21. The molecule has 1 aliphatic heterocycles. The van der Waals surface area contributed by atoms with Crippen molar-refractivity contribution in [1.82, 2.24) is 24.6 Å². The summed E-state index contributed by atoms with van der Waals surface area (Å²) >= 11 is 0. The van der Waals surface area contributed by atoms with Crippen LogP contribution in [0.2, 0.25) is 25.7 Å². The molecule has 3 aromatic rings. The number of hydrogen-bond acceptors (Lipinski definition) is 6. The molecule has 172 valence electrons. The molecule has 4 rings (SSSR count). The number of benzene rings is 1. The van der Waals surface area contributed by atoms with Gasteiger partial charge in [0.1, 0.15) is 18.9 Å². The number of fused-ring (bicyclic) bond motifs is 1. The first kappa shape index (κ1) is 22.9. The molecule has 0 N–H and O–H groups in total. The van der Waals surface area contributed by atoms with Crippen molar-refractivity contribution in [3.05, 3.63) is 48.4 Å². The van der Waals surface area contributed by atoms with Gasteiger partial charge in [-0.15, -0.1) is 0 Å². The Morgan fingerprint density at radius 3 is 2.75 bits per heavy atom. The molecular weight excluding hydrogens is 416 g/mol. The Bertz CT molecular complexity index is 1000. The van der Waals surface area contributed by atoms with Crippen molar-refractivity contribution >= 4 is 24.9 Å². The maximum Gasteiger partial charge on any atom is 0.165 e. The fraction of sp³-hybridized carbons (Fsp3) is 0.542. The third-order valence-electron chi connectivity index (χ3n) is 6.23. The van der Waals surface area contributed by atoms with Gasteiger partial charge in [-0.25, -0.2) is 14.6 Å². The first-order chi connectivity index (χ1) is 15.4. The average Bonchev–Trinajstić information content (AvgIpc) is 3.20. The molecule has 8 heteroatoms. The van der Waals surface area contributed by atoms with Crippen LogP contribution in [0.5, 0.6) is 0 Å². The third kappa shape index (κ3) is 5.73. The van der Waals surface area contributed by atoms with Gasteiger partial charge in [0.2, 0.25) is 0 Å². The van der Waals surface area contributed by atoms with E-state index in [9.17, 15) is 0 Å². The van der Waals surface area contributed by atoms with Gasteiger partial charge in [-0.1, -0.05) is 50.0 Å². The molecule has 3 heterocycles. The number of piperidine rings is 1. The number of hydrogen-bond donors (Lipinski definition) is 0. The second-order valence-corrected chi connectivity index (χ2v) is 15.7. The standard InChI is InChI=1S/C24H36N6OSi/c1-28(21-11-8-12-29(17-21)16-20-9-6-5-7-10-20)23-22-15-27-30(24(22)26-18-25-23)19-31-13-14-32(2,3)4/h5-7,9-10,15,18,21H,8,11-14,16-17,19H2,1-4H3. The lowest BCUT2D eigenvalue weighted by Gasteiger charge is -2.38. The molecule has 1 aromatic carbocycles. The van der Waals surface area contributed by atoms with Gasteiger partial charge in [0.25, 0.3) is 0 Å². The van der Waals surface area contributed by atoms with Crippen LogP contribution in [0.1, 0.15) is 18.4 Å². The Balaban J connectivity index is 1.43. The molecule has 0 aliphatic carbocycles. The van der Waals surface area contributed by atoms with Crippen LogP contribution >= 0.6 is 0 Å². The molecule has 0 bridgehead atoms. The van der Waals surface area contributed by atoms with Gasteiger partial charge in [0.15, 0.2) is 5.65 Å². The van der Waals surface area contributed by atoms with Crippen molar-refractivity contribution in [3.8, 4) is 0 Å². The lowest BCUT2D eigenvalue weighted by molar-refractivity contribution is 0.0813. The molecule has 7 nitrogen and oxygen atoms in total. The zero-order chi connectivity index (χ0) is 22.6. The van der Waals surface area contributed by atoms with Crippen LogP contribution in [-0.2, 0) is 18.0 Å². The Kier molecular flexibility index (Phi) is 7.22. The van der Waals surface area contributed by atoms with Gasteiger partial charge < -0.3 is 9.64 Å². The van der Waals surface area contributed by atoms with Crippen LogP contribution in [0.25, 0.3) is 11.0 Å². The van der Waals surface area contributed by atoms with Crippen molar-refractivity contribution in [2.45, 2.75) is 57.8 Å². The number of nitrogens with zero attached hydrogens (tertiary/aromatic N) is 6. The van der Waals surface area contributed by atoms with E-state index in [0.29, 0.717) is 12.8 Å². The maximum absolute atomic E-state index is 5.90. The van der Waals surface area contributed by atoms with E-state index in [4.69, 9.17) is 4.74 Å². The number of anilines is 1. The van der Waals surface area contributed by atoms with E-state index in [2.05, 4.69) is 81.9 Å². The summed E-state index contributed by atoms with van der Waals surface area (Å²) in [6, 6.07) is 12.3. The lowest BCUT2D eigenvalue weighted by Crippen LogP contribution is -2.46. The van der Waals surface area contributed by atoms with Gasteiger partial charge >= 0.3 is 0 Å². The summed E-state index contributed by atoms with van der Waals surface area (Å²) in [5, 5.41) is 5.54. The molecule has 1 aliphatic rings. The monoisotopic (exact) mass is 452 g/mol. The van der Waals surface area contributed by atoms with E-state index < -0.39 is 8.07 Å². The normalized spacial score (nSPS) is 17.7. The molecule has 2 aromatic heterocycles. The smallest absolute Gasteiger partial charge is 0.165 e. The summed E-state index contributed by atoms with van der Waals surface area (Å²) in [6.07, 6.45) is 5.90. The van der Waals surface area contributed by atoms with Gasteiger partial charge in [-0.05, 0) is 31.0 Å². The van der Waals surface area contributed by atoms with Crippen LogP contribution in [0.3, 0.4) is 0 Å². The highest BCUT2D eigenvalue weighted by molar-refractivity contribution is 6.76. The van der Waals surface area contributed by atoms with Crippen LogP contribution < -0.4 is 4.90 Å². The second-order valence-electron chi connectivity index (χ2n) is 10.1. The van der Waals surface area contributed by atoms with Crippen molar-refractivity contribution in [3.63, 3.8) is 0 Å². The van der Waals surface area contributed by atoms with Gasteiger partial charge in [-0.3, -0.25) is 4.90 Å². The van der Waals surface area contributed by atoms with Gasteiger partial charge in [-0.2, -0.15) is 5.10 Å². The van der Waals surface area contributed by atoms with E-state index in [-0.39, 0.29) is 0 Å². The summed E-state index contributed by atoms with van der Waals surface area (Å²) in [7, 11) is 1.06. The predicted octanol–water partition coefficient (Wildman–Crippen LogP) is 4.24. The van der Waals surface area contributed by atoms with Crippen molar-refractivity contribution in [1.29, 1.82) is 0 Å². The fourth-order valence-corrected chi connectivity index (χ4v) is 5.05. The molecule has 0 radical (unpaired) electrons. The molecule has 1 saturated heterocycles. The Morgan fingerprint density at radius 1 is 1.16 bits per heavy atom. The average molecular weight is 453 g/mol. The zero-order valence-corrected chi connectivity index (χ0v) is 20.9. The van der Waals surface area contributed by atoms with Gasteiger partial charge in [0, 0.05) is 40.9 Å². The molecule has 1 unspecified atom stereocenters. The third-order valence-corrected chi connectivity index (χ3v) is 7.94. The van der Waals surface area contributed by atoms with Crippen molar-refractivity contribution in [2.24, 2.45) is 0 Å². The highest BCUT2D eigenvalue weighted by Crippen LogP contribution is 2.26. The minimum atomic E-state index is -1.10. The molecule has 0 amide bonds.